The lowest BCUT2D eigenvalue weighted by molar-refractivity contribution is 0.414. The van der Waals surface area contributed by atoms with Crippen LogP contribution < -0.4 is 10.5 Å². The van der Waals surface area contributed by atoms with Crippen molar-refractivity contribution in [2.45, 2.75) is 12.3 Å². The molecule has 2 N–H and O–H groups in total. The van der Waals surface area contributed by atoms with Crippen molar-refractivity contribution in [2.24, 2.45) is 0 Å². The minimum absolute atomic E-state index is 0.102. The number of hydrogen-bond donors (Lipinski definition) is 1. The van der Waals surface area contributed by atoms with E-state index in [2.05, 4.69) is 4.98 Å². The second-order valence-corrected chi connectivity index (χ2v) is 6.28. The molecule has 1 atom stereocenters. The summed E-state index contributed by atoms with van der Waals surface area (Å²) in [4.78, 5) is 4.36. The van der Waals surface area contributed by atoms with Crippen molar-refractivity contribution in [1.82, 2.24) is 4.98 Å². The molecule has 1 aromatic heterocycles. The fourth-order valence-electron chi connectivity index (χ4n) is 2.59. The molecule has 0 spiro atoms. The summed E-state index contributed by atoms with van der Waals surface area (Å²) >= 11 is 1.36. The number of methoxy groups -OCH3 is 1. The first kappa shape index (κ1) is 16.4. The number of hydrogen-bond acceptors (Lipinski definition) is 4. The summed E-state index contributed by atoms with van der Waals surface area (Å²) in [6.45, 7) is 0. The Morgan fingerprint density at radius 1 is 1.12 bits per heavy atom. The zero-order chi connectivity index (χ0) is 17.1. The molecule has 0 saturated carbocycles. The van der Waals surface area contributed by atoms with E-state index in [-0.39, 0.29) is 5.92 Å². The van der Waals surface area contributed by atoms with E-state index in [4.69, 9.17) is 10.5 Å². The molecule has 1 heterocycles. The first-order valence-corrected chi connectivity index (χ1v) is 8.23. The highest BCUT2D eigenvalue weighted by molar-refractivity contribution is 7.13. The van der Waals surface area contributed by atoms with Gasteiger partial charge in [0, 0.05) is 11.3 Å². The zero-order valence-corrected chi connectivity index (χ0v) is 13.8. The van der Waals surface area contributed by atoms with Crippen molar-refractivity contribution in [3.05, 3.63) is 76.3 Å². The molecule has 0 amide bonds. The molecule has 0 radical (unpaired) electrons. The summed E-state index contributed by atoms with van der Waals surface area (Å²) in [6.07, 6.45) is 0.493. The van der Waals surface area contributed by atoms with E-state index in [1.54, 1.807) is 13.2 Å². The largest absolute Gasteiger partial charge is 0.497 e. The number of thiazole rings is 1. The molecule has 0 fully saturated rings. The molecule has 24 heavy (non-hydrogen) atoms. The third-order valence-electron chi connectivity index (χ3n) is 3.84. The molecule has 0 unspecified atom stereocenters. The Morgan fingerprint density at radius 2 is 1.88 bits per heavy atom. The molecular formula is C18H16F2N2OS. The number of anilines is 1. The minimum atomic E-state index is -0.849. The number of nitrogens with two attached hydrogens (primary N) is 1. The third kappa shape index (κ3) is 3.54. The van der Waals surface area contributed by atoms with Crippen LogP contribution in [0.2, 0.25) is 0 Å². The maximum Gasteiger partial charge on any atom is 0.180 e. The van der Waals surface area contributed by atoms with Gasteiger partial charge in [-0.05, 0) is 41.8 Å². The lowest BCUT2D eigenvalue weighted by Crippen LogP contribution is -2.06. The lowest BCUT2D eigenvalue weighted by atomic mass is 9.89. The molecule has 3 nitrogen and oxygen atoms in total. The molecule has 124 valence electrons. The van der Waals surface area contributed by atoms with Crippen LogP contribution in [0.15, 0.2) is 47.8 Å². The van der Waals surface area contributed by atoms with Crippen molar-refractivity contribution in [3.8, 4) is 5.75 Å². The van der Waals surface area contributed by atoms with Gasteiger partial charge < -0.3 is 10.5 Å². The quantitative estimate of drug-likeness (QED) is 0.745. The van der Waals surface area contributed by atoms with Gasteiger partial charge in [0.25, 0.3) is 0 Å². The summed E-state index contributed by atoms with van der Waals surface area (Å²) in [7, 11) is 1.61. The Morgan fingerprint density at radius 3 is 2.46 bits per heavy atom. The highest BCUT2D eigenvalue weighted by atomic mass is 32.1. The monoisotopic (exact) mass is 346 g/mol. The van der Waals surface area contributed by atoms with Crippen molar-refractivity contribution in [2.75, 3.05) is 12.8 Å². The van der Waals surface area contributed by atoms with Gasteiger partial charge in [-0.2, -0.15) is 0 Å². The Hall–Kier alpha value is -2.47. The SMILES string of the molecule is COc1ccc([C@H](Cc2ccc(F)c(F)c2)c2csc(N)n2)cc1. The van der Waals surface area contributed by atoms with Crippen LogP contribution in [-0.2, 0) is 6.42 Å². The lowest BCUT2D eigenvalue weighted by Gasteiger charge is -2.16. The maximum absolute atomic E-state index is 13.5. The fourth-order valence-corrected chi connectivity index (χ4v) is 3.21. The van der Waals surface area contributed by atoms with Crippen LogP contribution in [-0.4, -0.2) is 12.1 Å². The number of nitrogens with zero attached hydrogens (tertiary/aromatic N) is 1. The van der Waals surface area contributed by atoms with E-state index in [0.717, 1.165) is 23.1 Å². The van der Waals surface area contributed by atoms with Crippen molar-refractivity contribution in [1.29, 1.82) is 0 Å². The third-order valence-corrected chi connectivity index (χ3v) is 4.53. The van der Waals surface area contributed by atoms with Crippen molar-refractivity contribution >= 4 is 16.5 Å². The van der Waals surface area contributed by atoms with E-state index < -0.39 is 11.6 Å². The number of aromatic nitrogens is 1. The number of benzene rings is 2. The molecule has 3 rings (SSSR count). The van der Waals surface area contributed by atoms with Gasteiger partial charge in [0.1, 0.15) is 5.75 Å². The predicted molar refractivity (Wildman–Crippen MR) is 91.4 cm³/mol. The second-order valence-electron chi connectivity index (χ2n) is 5.39. The van der Waals surface area contributed by atoms with Crippen molar-refractivity contribution < 1.29 is 13.5 Å². The number of nitrogen functional groups attached to an aromatic ring is 1. The Bertz CT molecular complexity index is 833. The second kappa shape index (κ2) is 6.97. The van der Waals surface area contributed by atoms with Crippen LogP contribution in [0.3, 0.4) is 0 Å². The van der Waals surface area contributed by atoms with Gasteiger partial charge in [-0.15, -0.1) is 11.3 Å². The number of halogens is 2. The molecular weight excluding hydrogens is 330 g/mol. The fraction of sp³-hybridized carbons (Fsp3) is 0.167. The highest BCUT2D eigenvalue weighted by Crippen LogP contribution is 2.31. The van der Waals surface area contributed by atoms with Crippen LogP contribution in [0.5, 0.6) is 5.75 Å². The van der Waals surface area contributed by atoms with Crippen LogP contribution in [0, 0.1) is 11.6 Å². The summed E-state index contributed by atoms with van der Waals surface area (Å²) in [5.74, 6) is -1.05. The molecule has 0 aliphatic heterocycles. The summed E-state index contributed by atoms with van der Waals surface area (Å²) in [5, 5.41) is 2.37. The maximum atomic E-state index is 13.5. The normalized spacial score (nSPS) is 12.1. The van der Waals surface area contributed by atoms with E-state index >= 15 is 0 Å². The molecule has 6 heteroatoms. The number of rotatable bonds is 5. The van der Waals surface area contributed by atoms with Gasteiger partial charge in [-0.25, -0.2) is 13.8 Å². The first-order chi connectivity index (χ1) is 11.6. The Labute approximate surface area is 142 Å². The van der Waals surface area contributed by atoms with Gasteiger partial charge in [-0.1, -0.05) is 18.2 Å². The summed E-state index contributed by atoms with van der Waals surface area (Å²) in [5.41, 5.74) is 8.27. The molecule has 0 saturated heterocycles. The molecule has 3 aromatic rings. The van der Waals surface area contributed by atoms with E-state index in [0.29, 0.717) is 17.1 Å². The van der Waals surface area contributed by atoms with Crippen LogP contribution in [0.25, 0.3) is 0 Å². The van der Waals surface area contributed by atoms with Gasteiger partial charge in [0.2, 0.25) is 0 Å². The van der Waals surface area contributed by atoms with E-state index in [1.165, 1.54) is 17.4 Å². The van der Waals surface area contributed by atoms with E-state index in [1.807, 2.05) is 29.6 Å². The molecule has 0 aliphatic carbocycles. The smallest absolute Gasteiger partial charge is 0.180 e. The van der Waals surface area contributed by atoms with Crippen LogP contribution in [0.1, 0.15) is 22.7 Å². The standard InChI is InChI=1S/C18H16F2N2OS/c1-23-13-5-3-12(4-6-13)14(17-10-24-18(21)22-17)8-11-2-7-15(19)16(20)9-11/h2-7,9-10,14H,8H2,1H3,(H2,21,22)/t14-/m0/s1. The average Bonchev–Trinajstić information content (AvgIpc) is 3.02. The topological polar surface area (TPSA) is 48.1 Å². The molecule has 2 aromatic carbocycles. The van der Waals surface area contributed by atoms with Crippen LogP contribution >= 0.6 is 11.3 Å². The summed E-state index contributed by atoms with van der Waals surface area (Å²) in [6, 6.07) is 11.6. The van der Waals surface area contributed by atoms with Crippen LogP contribution in [0.4, 0.5) is 13.9 Å². The van der Waals surface area contributed by atoms with Gasteiger partial charge >= 0.3 is 0 Å². The van der Waals surface area contributed by atoms with Gasteiger partial charge in [0.05, 0.1) is 12.8 Å². The minimum Gasteiger partial charge on any atom is -0.497 e. The molecule has 0 aliphatic rings. The Balaban J connectivity index is 1.96. The van der Waals surface area contributed by atoms with Gasteiger partial charge in [-0.3, -0.25) is 0 Å². The number of ether oxygens (including phenoxy) is 1. The Kier molecular flexibility index (Phi) is 4.76. The van der Waals surface area contributed by atoms with Gasteiger partial charge in [0.15, 0.2) is 16.8 Å². The molecule has 0 bridgehead atoms. The van der Waals surface area contributed by atoms with Crippen molar-refractivity contribution in [3.63, 3.8) is 0 Å². The average molecular weight is 346 g/mol. The predicted octanol–water partition coefficient (Wildman–Crippen LogP) is 4.39. The highest BCUT2D eigenvalue weighted by Gasteiger charge is 2.19. The summed E-state index contributed by atoms with van der Waals surface area (Å²) < 4.78 is 31.8. The first-order valence-electron chi connectivity index (χ1n) is 7.35. The van der Waals surface area contributed by atoms with E-state index in [9.17, 15) is 8.78 Å². The zero-order valence-electron chi connectivity index (χ0n) is 13.0.